The zero-order valence-corrected chi connectivity index (χ0v) is 12.4. The van der Waals surface area contributed by atoms with E-state index in [2.05, 4.69) is 44.8 Å². The highest BCUT2D eigenvalue weighted by atomic mass is 32.1. The first-order chi connectivity index (χ1) is 7.52. The van der Waals surface area contributed by atoms with Crippen LogP contribution in [0.3, 0.4) is 0 Å². The van der Waals surface area contributed by atoms with E-state index < -0.39 is 0 Å². The molecule has 0 fully saturated rings. The lowest BCUT2D eigenvalue weighted by Gasteiger charge is -2.31. The fraction of sp³-hybridized carbons (Fsp3) is 0.923. The highest BCUT2D eigenvalue weighted by Gasteiger charge is 2.14. The third-order valence-electron chi connectivity index (χ3n) is 2.80. The zero-order valence-electron chi connectivity index (χ0n) is 11.5. The van der Waals surface area contributed by atoms with Crippen molar-refractivity contribution < 1.29 is 0 Å². The number of thiocarbonyl (C=S) groups is 1. The molecule has 1 unspecified atom stereocenters. The Kier molecular flexibility index (Phi) is 8.63. The Balaban J connectivity index is 4.20. The van der Waals surface area contributed by atoms with Gasteiger partial charge < -0.3 is 10.2 Å². The monoisotopic (exact) mass is 244 g/mol. The van der Waals surface area contributed by atoms with Gasteiger partial charge in [-0.1, -0.05) is 34.1 Å². The molecule has 3 heteroatoms. The maximum atomic E-state index is 5.46. The molecule has 0 aromatic rings. The van der Waals surface area contributed by atoms with E-state index >= 15 is 0 Å². The minimum atomic E-state index is 0.540. The summed E-state index contributed by atoms with van der Waals surface area (Å²) in [4.78, 5) is 2.33. The average Bonchev–Trinajstić information content (AvgIpc) is 2.26. The number of hydrogen-bond acceptors (Lipinski definition) is 1. The second kappa shape index (κ2) is 8.80. The van der Waals surface area contributed by atoms with Crippen LogP contribution in [0, 0.1) is 5.92 Å². The lowest BCUT2D eigenvalue weighted by molar-refractivity contribution is 0.311. The molecule has 96 valence electrons. The van der Waals surface area contributed by atoms with Crippen LogP contribution in [-0.2, 0) is 0 Å². The van der Waals surface area contributed by atoms with Crippen molar-refractivity contribution >= 4 is 17.3 Å². The van der Waals surface area contributed by atoms with Gasteiger partial charge in [-0.15, -0.1) is 0 Å². The molecule has 0 amide bonds. The Morgan fingerprint density at radius 1 is 1.25 bits per heavy atom. The number of nitrogens with zero attached hydrogens (tertiary/aromatic N) is 1. The summed E-state index contributed by atoms with van der Waals surface area (Å²) < 4.78 is 0. The molecule has 0 saturated heterocycles. The summed E-state index contributed by atoms with van der Waals surface area (Å²) in [5.41, 5.74) is 0. The summed E-state index contributed by atoms with van der Waals surface area (Å²) in [5.74, 6) is 0.642. The predicted molar refractivity (Wildman–Crippen MR) is 76.8 cm³/mol. The standard InChI is InChI=1S/C13H28N2S/c1-6-8-9-15(12(5)7-2)13(16)14-10-11(3)4/h11-12H,6-10H2,1-5H3,(H,14,16). The molecule has 0 spiro atoms. The predicted octanol–water partition coefficient (Wildman–Crippen LogP) is 3.42. The third kappa shape index (κ3) is 6.31. The van der Waals surface area contributed by atoms with Gasteiger partial charge in [-0.25, -0.2) is 0 Å². The van der Waals surface area contributed by atoms with Crippen molar-refractivity contribution in [1.29, 1.82) is 0 Å². The van der Waals surface area contributed by atoms with Crippen molar-refractivity contribution in [3.05, 3.63) is 0 Å². The van der Waals surface area contributed by atoms with Crippen LogP contribution in [0.4, 0.5) is 0 Å². The molecule has 0 heterocycles. The van der Waals surface area contributed by atoms with Gasteiger partial charge in [0.05, 0.1) is 0 Å². The molecule has 16 heavy (non-hydrogen) atoms. The Hall–Kier alpha value is -0.310. The van der Waals surface area contributed by atoms with Gasteiger partial charge in [-0.05, 0) is 37.9 Å². The van der Waals surface area contributed by atoms with Gasteiger partial charge in [0, 0.05) is 19.1 Å². The Morgan fingerprint density at radius 3 is 2.31 bits per heavy atom. The molecule has 0 aliphatic carbocycles. The number of unbranched alkanes of at least 4 members (excludes halogenated alkanes) is 1. The molecule has 1 N–H and O–H groups in total. The summed E-state index contributed by atoms with van der Waals surface area (Å²) in [7, 11) is 0. The van der Waals surface area contributed by atoms with Crippen LogP contribution in [-0.4, -0.2) is 29.1 Å². The minimum absolute atomic E-state index is 0.540. The van der Waals surface area contributed by atoms with E-state index in [9.17, 15) is 0 Å². The first-order valence-electron chi connectivity index (χ1n) is 6.57. The normalized spacial score (nSPS) is 12.6. The minimum Gasteiger partial charge on any atom is -0.362 e. The second-order valence-electron chi connectivity index (χ2n) is 4.88. The molecule has 0 aliphatic rings. The number of hydrogen-bond donors (Lipinski definition) is 1. The van der Waals surface area contributed by atoms with Crippen LogP contribution in [0.25, 0.3) is 0 Å². The SMILES string of the molecule is CCCCN(C(=S)NCC(C)C)C(C)CC. The van der Waals surface area contributed by atoms with Crippen molar-refractivity contribution in [2.75, 3.05) is 13.1 Å². The quantitative estimate of drug-likeness (QED) is 0.691. The molecule has 0 saturated carbocycles. The van der Waals surface area contributed by atoms with E-state index in [-0.39, 0.29) is 0 Å². The Bertz CT molecular complexity index is 192. The molecule has 0 aliphatic heterocycles. The maximum absolute atomic E-state index is 5.46. The summed E-state index contributed by atoms with van der Waals surface area (Å²) in [6.45, 7) is 13.1. The fourth-order valence-electron chi connectivity index (χ4n) is 1.46. The molecule has 0 aromatic carbocycles. The second-order valence-corrected chi connectivity index (χ2v) is 5.27. The molecule has 0 aromatic heterocycles. The van der Waals surface area contributed by atoms with Gasteiger partial charge >= 0.3 is 0 Å². The van der Waals surface area contributed by atoms with Gasteiger partial charge in [0.1, 0.15) is 0 Å². The van der Waals surface area contributed by atoms with E-state index in [1.54, 1.807) is 0 Å². The summed E-state index contributed by atoms with van der Waals surface area (Å²) in [6, 6.07) is 0.540. The third-order valence-corrected chi connectivity index (χ3v) is 3.18. The molecular weight excluding hydrogens is 216 g/mol. The first-order valence-corrected chi connectivity index (χ1v) is 6.98. The average molecular weight is 244 g/mol. The lowest BCUT2D eigenvalue weighted by atomic mass is 10.2. The number of rotatable bonds is 7. The van der Waals surface area contributed by atoms with Crippen molar-refractivity contribution in [3.63, 3.8) is 0 Å². The first kappa shape index (κ1) is 15.7. The highest BCUT2D eigenvalue weighted by molar-refractivity contribution is 7.80. The van der Waals surface area contributed by atoms with Crippen molar-refractivity contribution in [3.8, 4) is 0 Å². The summed E-state index contributed by atoms with van der Waals surface area (Å²) in [6.07, 6.45) is 3.58. The van der Waals surface area contributed by atoms with Crippen LogP contribution in [0.5, 0.6) is 0 Å². The van der Waals surface area contributed by atoms with Gasteiger partial charge in [-0.3, -0.25) is 0 Å². The van der Waals surface area contributed by atoms with Gasteiger partial charge in [0.25, 0.3) is 0 Å². The Morgan fingerprint density at radius 2 is 1.88 bits per heavy atom. The molecular formula is C13H28N2S. The van der Waals surface area contributed by atoms with Crippen molar-refractivity contribution in [2.24, 2.45) is 5.92 Å². The summed E-state index contributed by atoms with van der Waals surface area (Å²) in [5, 5.41) is 4.29. The van der Waals surface area contributed by atoms with Crippen LogP contribution in [0.15, 0.2) is 0 Å². The van der Waals surface area contributed by atoms with Gasteiger partial charge in [-0.2, -0.15) is 0 Å². The van der Waals surface area contributed by atoms with Crippen LogP contribution in [0.2, 0.25) is 0 Å². The van der Waals surface area contributed by atoms with E-state index in [0.29, 0.717) is 12.0 Å². The van der Waals surface area contributed by atoms with Crippen LogP contribution in [0.1, 0.15) is 53.9 Å². The molecule has 0 rings (SSSR count). The molecule has 0 radical (unpaired) electrons. The topological polar surface area (TPSA) is 15.3 Å². The van der Waals surface area contributed by atoms with Gasteiger partial charge in [0.2, 0.25) is 0 Å². The van der Waals surface area contributed by atoms with Crippen molar-refractivity contribution in [2.45, 2.75) is 59.9 Å². The lowest BCUT2D eigenvalue weighted by Crippen LogP contribution is -2.46. The fourth-order valence-corrected chi connectivity index (χ4v) is 1.82. The molecule has 1 atom stereocenters. The van der Waals surface area contributed by atoms with E-state index in [4.69, 9.17) is 12.2 Å². The number of nitrogens with one attached hydrogen (secondary N) is 1. The van der Waals surface area contributed by atoms with Crippen molar-refractivity contribution in [1.82, 2.24) is 10.2 Å². The maximum Gasteiger partial charge on any atom is 0.169 e. The zero-order chi connectivity index (χ0) is 12.6. The van der Waals surface area contributed by atoms with Crippen LogP contribution < -0.4 is 5.32 Å². The largest absolute Gasteiger partial charge is 0.362 e. The smallest absolute Gasteiger partial charge is 0.169 e. The molecule has 2 nitrogen and oxygen atoms in total. The Labute approximate surface area is 107 Å². The van der Waals surface area contributed by atoms with Crippen LogP contribution >= 0.6 is 12.2 Å². The van der Waals surface area contributed by atoms with E-state index in [1.165, 1.54) is 12.8 Å². The van der Waals surface area contributed by atoms with Gasteiger partial charge in [0.15, 0.2) is 5.11 Å². The summed E-state index contributed by atoms with van der Waals surface area (Å²) >= 11 is 5.46. The van der Waals surface area contributed by atoms with E-state index in [0.717, 1.165) is 24.6 Å². The highest BCUT2D eigenvalue weighted by Crippen LogP contribution is 2.06. The molecule has 0 bridgehead atoms. The van der Waals surface area contributed by atoms with E-state index in [1.807, 2.05) is 0 Å².